The maximum Gasteiger partial charge on any atom is 0.317 e. The van der Waals surface area contributed by atoms with Crippen LogP contribution in [0.2, 0.25) is 5.22 Å². The van der Waals surface area contributed by atoms with E-state index >= 15 is 0 Å². The number of furan rings is 1. The number of hydrogen-bond acceptors (Lipinski definition) is 3. The molecule has 0 saturated carbocycles. The maximum absolute atomic E-state index is 12.1. The molecule has 0 radical (unpaired) electrons. The molecule has 19 heavy (non-hydrogen) atoms. The second kappa shape index (κ2) is 5.97. The van der Waals surface area contributed by atoms with Crippen molar-refractivity contribution >= 4 is 23.5 Å². The van der Waals surface area contributed by atoms with Gasteiger partial charge in [-0.05, 0) is 24.6 Å². The standard InChI is InChI=1S/C12H16ClN3O3/c1-2-14-12(18)16-6-4-15(5-7-16)11(17)9-3-8-19-10(9)13/h3,8H,2,4-7H2,1H3,(H,14,18). The van der Waals surface area contributed by atoms with Gasteiger partial charge in [-0.1, -0.05) is 0 Å². The number of carbonyl (C=O) groups is 2. The highest BCUT2D eigenvalue weighted by Crippen LogP contribution is 2.19. The van der Waals surface area contributed by atoms with Crippen molar-refractivity contribution in [3.8, 4) is 0 Å². The predicted molar refractivity (Wildman–Crippen MR) is 70.3 cm³/mol. The fourth-order valence-electron chi connectivity index (χ4n) is 1.99. The van der Waals surface area contributed by atoms with Gasteiger partial charge in [-0.25, -0.2) is 4.79 Å². The molecule has 1 N–H and O–H groups in total. The Kier molecular flexibility index (Phi) is 4.31. The molecule has 1 aliphatic heterocycles. The van der Waals surface area contributed by atoms with E-state index in [0.29, 0.717) is 38.3 Å². The third-order valence-corrected chi connectivity index (χ3v) is 3.32. The fraction of sp³-hybridized carbons (Fsp3) is 0.500. The van der Waals surface area contributed by atoms with Crippen LogP contribution in [0.3, 0.4) is 0 Å². The predicted octanol–water partition coefficient (Wildman–Crippen LogP) is 1.42. The van der Waals surface area contributed by atoms with E-state index in [2.05, 4.69) is 5.32 Å². The molecular weight excluding hydrogens is 270 g/mol. The van der Waals surface area contributed by atoms with Crippen molar-refractivity contribution in [3.63, 3.8) is 0 Å². The first kappa shape index (κ1) is 13.7. The van der Waals surface area contributed by atoms with Gasteiger partial charge in [0.15, 0.2) is 0 Å². The Hall–Kier alpha value is -1.69. The average Bonchev–Trinajstić information content (AvgIpc) is 2.84. The zero-order chi connectivity index (χ0) is 13.8. The minimum Gasteiger partial charge on any atom is -0.452 e. The van der Waals surface area contributed by atoms with Crippen molar-refractivity contribution in [2.24, 2.45) is 0 Å². The Morgan fingerprint density at radius 2 is 1.95 bits per heavy atom. The minimum atomic E-state index is -0.158. The van der Waals surface area contributed by atoms with Crippen LogP contribution in [0.25, 0.3) is 0 Å². The van der Waals surface area contributed by atoms with Crippen LogP contribution in [0, 0.1) is 0 Å². The quantitative estimate of drug-likeness (QED) is 0.894. The van der Waals surface area contributed by atoms with Gasteiger partial charge < -0.3 is 19.5 Å². The van der Waals surface area contributed by atoms with Crippen LogP contribution < -0.4 is 5.32 Å². The summed E-state index contributed by atoms with van der Waals surface area (Å²) < 4.78 is 4.91. The highest BCUT2D eigenvalue weighted by atomic mass is 35.5. The van der Waals surface area contributed by atoms with E-state index in [1.165, 1.54) is 6.26 Å². The average molecular weight is 286 g/mol. The number of nitrogens with one attached hydrogen (secondary N) is 1. The molecule has 0 spiro atoms. The van der Waals surface area contributed by atoms with Gasteiger partial charge in [-0.15, -0.1) is 0 Å². The van der Waals surface area contributed by atoms with Gasteiger partial charge in [-0.3, -0.25) is 4.79 Å². The van der Waals surface area contributed by atoms with E-state index < -0.39 is 0 Å². The molecule has 2 heterocycles. The molecular formula is C12H16ClN3O3. The second-order valence-corrected chi connectivity index (χ2v) is 4.57. The summed E-state index contributed by atoms with van der Waals surface area (Å²) >= 11 is 5.79. The molecule has 1 fully saturated rings. The van der Waals surface area contributed by atoms with Gasteiger partial charge in [0.2, 0.25) is 5.22 Å². The third-order valence-electron chi connectivity index (χ3n) is 3.03. The Labute approximate surface area is 116 Å². The van der Waals surface area contributed by atoms with Crippen LogP contribution in [0.1, 0.15) is 17.3 Å². The smallest absolute Gasteiger partial charge is 0.317 e. The lowest BCUT2D eigenvalue weighted by molar-refractivity contribution is 0.0665. The molecule has 3 amide bonds. The molecule has 1 aromatic rings. The number of rotatable bonds is 2. The number of carbonyl (C=O) groups excluding carboxylic acids is 2. The Balaban J connectivity index is 1.92. The largest absolute Gasteiger partial charge is 0.452 e. The molecule has 1 saturated heterocycles. The summed E-state index contributed by atoms with van der Waals surface area (Å²) in [5.74, 6) is -0.158. The van der Waals surface area contributed by atoms with Gasteiger partial charge in [0.25, 0.3) is 5.91 Å². The SMILES string of the molecule is CCNC(=O)N1CCN(C(=O)c2ccoc2Cl)CC1. The summed E-state index contributed by atoms with van der Waals surface area (Å²) in [6.07, 6.45) is 1.39. The normalized spacial score (nSPS) is 15.5. The molecule has 104 valence electrons. The summed E-state index contributed by atoms with van der Waals surface area (Å²) in [5, 5.41) is 2.85. The van der Waals surface area contributed by atoms with Crippen molar-refractivity contribution < 1.29 is 14.0 Å². The lowest BCUT2D eigenvalue weighted by atomic mass is 10.2. The minimum absolute atomic E-state index is 0.0871. The summed E-state index contributed by atoms with van der Waals surface area (Å²) in [7, 11) is 0. The molecule has 0 aliphatic carbocycles. The molecule has 7 heteroatoms. The molecule has 0 unspecified atom stereocenters. The first-order valence-electron chi connectivity index (χ1n) is 6.18. The number of piperazine rings is 1. The molecule has 6 nitrogen and oxygen atoms in total. The molecule has 1 aliphatic rings. The third kappa shape index (κ3) is 3.01. The molecule has 0 aromatic carbocycles. The number of urea groups is 1. The van der Waals surface area contributed by atoms with Crippen LogP contribution >= 0.6 is 11.6 Å². The maximum atomic E-state index is 12.1. The Morgan fingerprint density at radius 3 is 2.47 bits per heavy atom. The summed E-state index contributed by atoms with van der Waals surface area (Å²) in [5.41, 5.74) is 0.369. The van der Waals surface area contributed by atoms with Crippen LogP contribution in [0.15, 0.2) is 16.7 Å². The summed E-state index contributed by atoms with van der Waals surface area (Å²) in [6, 6.07) is 1.47. The van der Waals surface area contributed by atoms with Gasteiger partial charge in [0, 0.05) is 32.7 Å². The van der Waals surface area contributed by atoms with Crippen molar-refractivity contribution in [1.82, 2.24) is 15.1 Å². The number of halogens is 1. The first-order chi connectivity index (χ1) is 9.13. The molecule has 0 bridgehead atoms. The Morgan fingerprint density at radius 1 is 1.32 bits per heavy atom. The molecule has 0 atom stereocenters. The van der Waals surface area contributed by atoms with Crippen LogP contribution in [-0.4, -0.2) is 54.5 Å². The molecule has 1 aromatic heterocycles. The van der Waals surface area contributed by atoms with Gasteiger partial charge in [0.05, 0.1) is 11.8 Å². The van der Waals surface area contributed by atoms with Crippen LogP contribution in [0.5, 0.6) is 0 Å². The summed E-state index contributed by atoms with van der Waals surface area (Å²) in [4.78, 5) is 27.2. The van der Waals surface area contributed by atoms with E-state index in [4.69, 9.17) is 16.0 Å². The van der Waals surface area contributed by atoms with Gasteiger partial charge >= 0.3 is 6.03 Å². The van der Waals surface area contributed by atoms with Crippen molar-refractivity contribution in [2.75, 3.05) is 32.7 Å². The number of amides is 3. The van der Waals surface area contributed by atoms with Gasteiger partial charge in [-0.2, -0.15) is 0 Å². The number of hydrogen-bond donors (Lipinski definition) is 1. The highest BCUT2D eigenvalue weighted by molar-refractivity contribution is 6.32. The fourth-order valence-corrected chi connectivity index (χ4v) is 2.19. The number of nitrogens with zero attached hydrogens (tertiary/aromatic N) is 2. The van der Waals surface area contributed by atoms with E-state index in [-0.39, 0.29) is 17.2 Å². The Bertz CT molecular complexity index is 467. The lowest BCUT2D eigenvalue weighted by Gasteiger charge is -2.34. The zero-order valence-corrected chi connectivity index (χ0v) is 11.4. The zero-order valence-electron chi connectivity index (χ0n) is 10.7. The highest BCUT2D eigenvalue weighted by Gasteiger charge is 2.26. The van der Waals surface area contributed by atoms with E-state index in [1.54, 1.807) is 15.9 Å². The molecule has 2 rings (SSSR count). The first-order valence-corrected chi connectivity index (χ1v) is 6.56. The van der Waals surface area contributed by atoms with Crippen LogP contribution in [0.4, 0.5) is 4.79 Å². The van der Waals surface area contributed by atoms with E-state index in [9.17, 15) is 9.59 Å². The lowest BCUT2D eigenvalue weighted by Crippen LogP contribution is -2.53. The van der Waals surface area contributed by atoms with Crippen molar-refractivity contribution in [1.29, 1.82) is 0 Å². The van der Waals surface area contributed by atoms with E-state index in [0.717, 1.165) is 0 Å². The van der Waals surface area contributed by atoms with Gasteiger partial charge in [0.1, 0.15) is 0 Å². The summed E-state index contributed by atoms with van der Waals surface area (Å²) in [6.45, 7) is 4.51. The topological polar surface area (TPSA) is 65.8 Å². The van der Waals surface area contributed by atoms with E-state index in [1.807, 2.05) is 6.92 Å². The van der Waals surface area contributed by atoms with Crippen LogP contribution in [-0.2, 0) is 0 Å². The monoisotopic (exact) mass is 285 g/mol. The second-order valence-electron chi connectivity index (χ2n) is 4.22. The van der Waals surface area contributed by atoms with Crippen molar-refractivity contribution in [3.05, 3.63) is 23.1 Å². The van der Waals surface area contributed by atoms with Crippen molar-refractivity contribution in [2.45, 2.75) is 6.92 Å².